The molecule has 0 bridgehead atoms. The van der Waals surface area contributed by atoms with Crippen LogP contribution in [-0.2, 0) is 13.1 Å². The molecule has 27 heavy (non-hydrogen) atoms. The van der Waals surface area contributed by atoms with Crippen LogP contribution in [0.3, 0.4) is 0 Å². The molecule has 0 spiro atoms. The predicted octanol–water partition coefficient (Wildman–Crippen LogP) is 5.85. The molecule has 1 aromatic heterocycles. The van der Waals surface area contributed by atoms with Crippen molar-refractivity contribution in [3.05, 3.63) is 107 Å². The molecule has 1 N–H and O–H groups in total. The molecule has 0 aliphatic rings. The predicted molar refractivity (Wildman–Crippen MR) is 114 cm³/mol. The van der Waals surface area contributed by atoms with E-state index in [1.807, 2.05) is 0 Å². The van der Waals surface area contributed by atoms with Crippen molar-refractivity contribution in [3.63, 3.8) is 0 Å². The van der Waals surface area contributed by atoms with E-state index in [1.165, 1.54) is 33.2 Å². The van der Waals surface area contributed by atoms with Crippen molar-refractivity contribution in [3.8, 4) is 0 Å². The lowest BCUT2D eigenvalue weighted by Gasteiger charge is -2.13. The zero-order valence-electron chi connectivity index (χ0n) is 16.0. The fourth-order valence-electron chi connectivity index (χ4n) is 3.61. The molecule has 0 amide bonds. The van der Waals surface area contributed by atoms with E-state index in [0.717, 1.165) is 13.1 Å². The van der Waals surface area contributed by atoms with E-state index in [0.29, 0.717) is 6.04 Å². The molecular formula is C25H26N2. The Bertz CT molecular complexity index is 1010. The third kappa shape index (κ3) is 3.96. The van der Waals surface area contributed by atoms with Crippen LogP contribution < -0.4 is 5.32 Å². The molecule has 136 valence electrons. The van der Waals surface area contributed by atoms with Gasteiger partial charge < -0.3 is 9.88 Å². The van der Waals surface area contributed by atoms with E-state index in [4.69, 9.17) is 0 Å². The molecule has 0 unspecified atom stereocenters. The normalized spacial score (nSPS) is 12.4. The summed E-state index contributed by atoms with van der Waals surface area (Å²) >= 11 is 0. The van der Waals surface area contributed by atoms with Gasteiger partial charge in [-0.2, -0.15) is 0 Å². The highest BCUT2D eigenvalue weighted by Gasteiger charge is 2.10. The topological polar surface area (TPSA) is 17.0 Å². The average Bonchev–Trinajstić information content (AvgIpc) is 3.06. The van der Waals surface area contributed by atoms with Gasteiger partial charge in [0.25, 0.3) is 0 Å². The van der Waals surface area contributed by atoms with Crippen molar-refractivity contribution >= 4 is 10.9 Å². The third-order valence-corrected chi connectivity index (χ3v) is 5.24. The van der Waals surface area contributed by atoms with Crippen molar-refractivity contribution in [1.29, 1.82) is 0 Å². The summed E-state index contributed by atoms with van der Waals surface area (Å²) in [6.07, 6.45) is 2.30. The molecule has 0 saturated heterocycles. The molecule has 1 heterocycles. The molecule has 2 nitrogen and oxygen atoms in total. The second kappa shape index (κ2) is 7.81. The van der Waals surface area contributed by atoms with Gasteiger partial charge in [0.1, 0.15) is 0 Å². The van der Waals surface area contributed by atoms with Crippen LogP contribution in [-0.4, -0.2) is 4.57 Å². The van der Waals surface area contributed by atoms with Crippen LogP contribution >= 0.6 is 0 Å². The van der Waals surface area contributed by atoms with E-state index in [2.05, 4.69) is 109 Å². The lowest BCUT2D eigenvalue weighted by molar-refractivity contribution is 0.575. The van der Waals surface area contributed by atoms with Gasteiger partial charge in [-0.15, -0.1) is 0 Å². The highest BCUT2D eigenvalue weighted by molar-refractivity contribution is 5.84. The molecule has 2 heteroatoms. The number of nitrogens with zero attached hydrogens (tertiary/aromatic N) is 1. The van der Waals surface area contributed by atoms with Gasteiger partial charge in [-0.25, -0.2) is 0 Å². The minimum atomic E-state index is 0.324. The number of para-hydroxylation sites is 1. The summed E-state index contributed by atoms with van der Waals surface area (Å²) in [6, 6.07) is 28.5. The molecular weight excluding hydrogens is 328 g/mol. The lowest BCUT2D eigenvalue weighted by atomic mass is 10.1. The van der Waals surface area contributed by atoms with Crippen molar-refractivity contribution in [1.82, 2.24) is 9.88 Å². The zero-order valence-corrected chi connectivity index (χ0v) is 16.0. The zero-order chi connectivity index (χ0) is 18.6. The van der Waals surface area contributed by atoms with Gasteiger partial charge in [-0.1, -0.05) is 78.4 Å². The fraction of sp³-hybridized carbons (Fsp3) is 0.200. The first kappa shape index (κ1) is 17.6. The summed E-state index contributed by atoms with van der Waals surface area (Å²) in [5.74, 6) is 0. The van der Waals surface area contributed by atoms with Crippen molar-refractivity contribution in [2.24, 2.45) is 0 Å². The first-order chi connectivity index (χ1) is 13.2. The van der Waals surface area contributed by atoms with Crippen LogP contribution in [0.25, 0.3) is 10.9 Å². The number of rotatable bonds is 6. The van der Waals surface area contributed by atoms with Crippen molar-refractivity contribution in [2.75, 3.05) is 0 Å². The van der Waals surface area contributed by atoms with E-state index >= 15 is 0 Å². The van der Waals surface area contributed by atoms with Crippen LogP contribution in [0.2, 0.25) is 0 Å². The van der Waals surface area contributed by atoms with Gasteiger partial charge in [0.05, 0.1) is 0 Å². The monoisotopic (exact) mass is 354 g/mol. The summed E-state index contributed by atoms with van der Waals surface area (Å²) < 4.78 is 2.37. The first-order valence-electron chi connectivity index (χ1n) is 9.61. The van der Waals surface area contributed by atoms with Crippen LogP contribution in [0, 0.1) is 6.92 Å². The minimum absolute atomic E-state index is 0.324. The molecule has 0 radical (unpaired) electrons. The van der Waals surface area contributed by atoms with Crippen molar-refractivity contribution < 1.29 is 0 Å². The van der Waals surface area contributed by atoms with Gasteiger partial charge in [0.15, 0.2) is 0 Å². The number of benzene rings is 3. The number of nitrogens with one attached hydrogen (secondary N) is 1. The Balaban J connectivity index is 1.57. The second-order valence-corrected chi connectivity index (χ2v) is 7.30. The van der Waals surface area contributed by atoms with E-state index in [1.54, 1.807) is 0 Å². The van der Waals surface area contributed by atoms with Crippen LogP contribution in [0.1, 0.15) is 35.2 Å². The fourth-order valence-corrected chi connectivity index (χ4v) is 3.61. The van der Waals surface area contributed by atoms with Gasteiger partial charge in [0.2, 0.25) is 0 Å². The highest BCUT2D eigenvalue weighted by atomic mass is 15.0. The lowest BCUT2D eigenvalue weighted by Crippen LogP contribution is -2.17. The molecule has 3 aromatic carbocycles. The van der Waals surface area contributed by atoms with E-state index < -0.39 is 0 Å². The summed E-state index contributed by atoms with van der Waals surface area (Å²) in [6.45, 7) is 6.11. The van der Waals surface area contributed by atoms with Gasteiger partial charge in [-0.05, 0) is 36.6 Å². The Morgan fingerprint density at radius 2 is 1.56 bits per heavy atom. The first-order valence-corrected chi connectivity index (χ1v) is 9.61. The van der Waals surface area contributed by atoms with E-state index in [-0.39, 0.29) is 0 Å². The van der Waals surface area contributed by atoms with Gasteiger partial charge in [0, 0.05) is 36.2 Å². The molecule has 4 rings (SSSR count). The summed E-state index contributed by atoms with van der Waals surface area (Å²) in [7, 11) is 0. The second-order valence-electron chi connectivity index (χ2n) is 7.30. The number of aromatic nitrogens is 1. The minimum Gasteiger partial charge on any atom is -0.343 e. The van der Waals surface area contributed by atoms with Crippen LogP contribution in [0.15, 0.2) is 85.1 Å². The number of aryl methyl sites for hydroxylation is 1. The molecule has 4 aromatic rings. The molecule has 0 saturated carbocycles. The maximum atomic E-state index is 3.68. The number of hydrogen-bond donors (Lipinski definition) is 1. The molecule has 0 aliphatic carbocycles. The van der Waals surface area contributed by atoms with Gasteiger partial charge in [-0.3, -0.25) is 0 Å². The SMILES string of the molecule is Cc1ccc(Cn2cc(CN[C@@H](C)c3ccccc3)c3ccccc32)cc1. The summed E-state index contributed by atoms with van der Waals surface area (Å²) in [5.41, 5.74) is 6.60. The molecule has 1 atom stereocenters. The quantitative estimate of drug-likeness (QED) is 0.460. The summed E-state index contributed by atoms with van der Waals surface area (Å²) in [5, 5.41) is 5.01. The van der Waals surface area contributed by atoms with Crippen LogP contribution in [0.4, 0.5) is 0 Å². The van der Waals surface area contributed by atoms with E-state index in [9.17, 15) is 0 Å². The Morgan fingerprint density at radius 1 is 0.852 bits per heavy atom. The van der Waals surface area contributed by atoms with Crippen LogP contribution in [0.5, 0.6) is 0 Å². The highest BCUT2D eigenvalue weighted by Crippen LogP contribution is 2.23. The Kier molecular flexibility index (Phi) is 5.08. The van der Waals surface area contributed by atoms with Gasteiger partial charge >= 0.3 is 0 Å². The molecule has 0 fully saturated rings. The Morgan fingerprint density at radius 3 is 2.33 bits per heavy atom. The maximum absolute atomic E-state index is 3.68. The molecule has 0 aliphatic heterocycles. The average molecular weight is 354 g/mol. The number of fused-ring (bicyclic) bond motifs is 1. The Hall–Kier alpha value is -2.84. The Labute approximate surface area is 161 Å². The third-order valence-electron chi connectivity index (χ3n) is 5.24. The summed E-state index contributed by atoms with van der Waals surface area (Å²) in [4.78, 5) is 0. The largest absolute Gasteiger partial charge is 0.343 e. The standard InChI is InChI=1S/C25H26N2/c1-19-12-14-21(15-13-19)17-27-18-23(24-10-6-7-11-25(24)27)16-26-20(2)22-8-4-3-5-9-22/h3-15,18,20,26H,16-17H2,1-2H3/t20-/m0/s1. The maximum Gasteiger partial charge on any atom is 0.0486 e. The smallest absolute Gasteiger partial charge is 0.0486 e. The van der Waals surface area contributed by atoms with Crippen molar-refractivity contribution in [2.45, 2.75) is 33.0 Å². The number of hydrogen-bond acceptors (Lipinski definition) is 1.